The lowest BCUT2D eigenvalue weighted by molar-refractivity contribution is 0.271. The van der Waals surface area contributed by atoms with E-state index in [-0.39, 0.29) is 17.4 Å². The Morgan fingerprint density at radius 1 is 1.28 bits per heavy atom. The van der Waals surface area contributed by atoms with Crippen LogP contribution in [0.5, 0.6) is 0 Å². The molecule has 1 spiro atoms. The molecule has 0 amide bonds. The maximum atomic E-state index is 9.78. The Labute approximate surface area is 144 Å². The van der Waals surface area contributed by atoms with Crippen LogP contribution < -0.4 is 0 Å². The molecule has 0 saturated heterocycles. The number of fused-ring (bicyclic) bond motifs is 1. The minimum Gasteiger partial charge on any atom is -0.388 e. The van der Waals surface area contributed by atoms with Crippen molar-refractivity contribution in [3.05, 3.63) is 47.5 Å². The molecule has 1 N–H and O–H groups in total. The molecule has 2 heterocycles. The van der Waals surface area contributed by atoms with Crippen molar-refractivity contribution in [2.45, 2.75) is 38.2 Å². The average Bonchev–Trinajstić information content (AvgIpc) is 3.50. The predicted molar refractivity (Wildman–Crippen MR) is 90.9 cm³/mol. The molecule has 5 rings (SSSR count). The van der Waals surface area contributed by atoms with E-state index in [1.807, 2.05) is 19.1 Å². The quantitative estimate of drug-likeness (QED) is 0.797. The molecule has 0 bridgehead atoms. The molecule has 0 radical (unpaired) electrons. The van der Waals surface area contributed by atoms with Gasteiger partial charge < -0.3 is 5.11 Å². The van der Waals surface area contributed by atoms with Crippen LogP contribution in [-0.2, 0) is 12.0 Å². The van der Waals surface area contributed by atoms with Crippen molar-refractivity contribution in [1.29, 1.82) is 5.26 Å². The number of hydrogen-bond acceptors (Lipinski definition) is 5. The summed E-state index contributed by atoms with van der Waals surface area (Å²) >= 11 is 0. The highest BCUT2D eigenvalue weighted by Gasteiger charge is 2.75. The molecule has 25 heavy (non-hydrogen) atoms. The topological polar surface area (TPSA) is 87.6 Å². The second-order valence-corrected chi connectivity index (χ2v) is 7.25. The first-order valence-electron chi connectivity index (χ1n) is 8.46. The lowest BCUT2D eigenvalue weighted by Gasteiger charge is -2.10. The molecule has 2 aliphatic rings. The van der Waals surface area contributed by atoms with E-state index < -0.39 is 0 Å². The minimum absolute atomic E-state index is 0.209. The van der Waals surface area contributed by atoms with Crippen LogP contribution in [-0.4, -0.2) is 24.9 Å². The molecule has 1 aromatic carbocycles. The molecule has 0 aliphatic heterocycles. The summed E-state index contributed by atoms with van der Waals surface area (Å²) in [6.45, 7) is 1.66. The molecule has 2 fully saturated rings. The first-order valence-corrected chi connectivity index (χ1v) is 8.46. The number of nitrogens with zero attached hydrogens (tertiary/aromatic N) is 5. The Kier molecular flexibility index (Phi) is 2.70. The third kappa shape index (κ3) is 1.90. The van der Waals surface area contributed by atoms with Gasteiger partial charge in [0.2, 0.25) is 0 Å². The number of rotatable bonds is 3. The monoisotopic (exact) mass is 331 g/mol. The third-order valence-electron chi connectivity index (χ3n) is 5.74. The van der Waals surface area contributed by atoms with Crippen molar-refractivity contribution in [1.82, 2.24) is 19.7 Å². The summed E-state index contributed by atoms with van der Waals surface area (Å²) in [6, 6.07) is 10.6. The zero-order chi connectivity index (χ0) is 17.2. The molecule has 2 aliphatic carbocycles. The molecule has 2 aromatic heterocycles. The highest BCUT2D eigenvalue weighted by molar-refractivity contribution is 5.81. The fraction of sp³-hybridized carbons (Fsp3) is 0.368. The van der Waals surface area contributed by atoms with E-state index in [2.05, 4.69) is 33.3 Å². The summed E-state index contributed by atoms with van der Waals surface area (Å²) in [6.07, 6.45) is 5.08. The second-order valence-electron chi connectivity index (χ2n) is 7.25. The van der Waals surface area contributed by atoms with Crippen molar-refractivity contribution in [3.8, 4) is 11.9 Å². The van der Waals surface area contributed by atoms with Gasteiger partial charge in [-0.25, -0.2) is 14.6 Å². The highest BCUT2D eigenvalue weighted by Crippen LogP contribution is 2.78. The Balaban J connectivity index is 1.67. The number of nitriles is 1. The molecular formula is C19H17N5O. The minimum atomic E-state index is -0.325. The number of aliphatic hydroxyl groups excluding tert-OH is 1. The van der Waals surface area contributed by atoms with Crippen LogP contribution in [0.25, 0.3) is 16.7 Å². The van der Waals surface area contributed by atoms with Crippen molar-refractivity contribution < 1.29 is 5.11 Å². The number of aromatic nitrogens is 4. The maximum Gasteiger partial charge on any atom is 0.158 e. The van der Waals surface area contributed by atoms with Gasteiger partial charge in [-0.05, 0) is 43.2 Å². The Morgan fingerprint density at radius 3 is 2.80 bits per heavy atom. The molecule has 1 atom stereocenters. The molecule has 0 unspecified atom stereocenters. The van der Waals surface area contributed by atoms with Crippen LogP contribution in [0.2, 0.25) is 0 Å². The zero-order valence-electron chi connectivity index (χ0n) is 13.9. The summed E-state index contributed by atoms with van der Waals surface area (Å²) in [5.41, 5.74) is 2.69. The Hall–Kier alpha value is -2.78. The number of aryl methyl sites for hydroxylation is 1. The van der Waals surface area contributed by atoms with E-state index in [1.165, 1.54) is 0 Å². The lowest BCUT2D eigenvalue weighted by Crippen LogP contribution is -2.09. The fourth-order valence-corrected chi connectivity index (χ4v) is 4.11. The van der Waals surface area contributed by atoms with Gasteiger partial charge in [-0.3, -0.25) is 0 Å². The molecule has 3 aromatic rings. The first kappa shape index (κ1) is 14.6. The van der Waals surface area contributed by atoms with Crippen LogP contribution in [0, 0.1) is 23.7 Å². The van der Waals surface area contributed by atoms with E-state index in [1.54, 1.807) is 10.9 Å². The summed E-state index contributed by atoms with van der Waals surface area (Å²) in [5.74, 6) is 1.01. The van der Waals surface area contributed by atoms with Gasteiger partial charge in [-0.2, -0.15) is 10.4 Å². The van der Waals surface area contributed by atoms with Crippen LogP contribution >= 0.6 is 0 Å². The predicted octanol–water partition coefficient (Wildman–Crippen LogP) is 2.56. The standard InChI is InChI=1S/C19H17N5O/c1-12-6-17(23-16(9-25)22-12)24-15-7-14(3-2-13(15)8-21-24)19(11-20)10-18(19)4-5-18/h2-3,6-8,25H,4-5,9-10H2,1H3/t19-/m1/s1. The SMILES string of the molecule is Cc1cc(-n2ncc3ccc([C@]4(C#N)CC45CC5)cc32)nc(CO)n1. The lowest BCUT2D eigenvalue weighted by atomic mass is 9.93. The van der Waals surface area contributed by atoms with Crippen molar-refractivity contribution in [2.24, 2.45) is 5.41 Å². The number of benzene rings is 1. The smallest absolute Gasteiger partial charge is 0.158 e. The maximum absolute atomic E-state index is 9.78. The molecule has 2 saturated carbocycles. The van der Waals surface area contributed by atoms with Crippen LogP contribution in [0.4, 0.5) is 0 Å². The van der Waals surface area contributed by atoms with Gasteiger partial charge in [0.05, 0.1) is 23.2 Å². The second kappa shape index (κ2) is 4.64. The Morgan fingerprint density at radius 2 is 2.12 bits per heavy atom. The third-order valence-corrected chi connectivity index (χ3v) is 5.74. The molecule has 6 nitrogen and oxygen atoms in total. The fourth-order valence-electron chi connectivity index (χ4n) is 4.11. The van der Waals surface area contributed by atoms with Gasteiger partial charge in [0.25, 0.3) is 0 Å². The molecule has 6 heteroatoms. The molecular weight excluding hydrogens is 314 g/mol. The summed E-state index contributed by atoms with van der Waals surface area (Å²) < 4.78 is 1.76. The van der Waals surface area contributed by atoms with Gasteiger partial charge in [0.1, 0.15) is 6.61 Å². The van der Waals surface area contributed by atoms with Gasteiger partial charge in [-0.1, -0.05) is 12.1 Å². The van der Waals surface area contributed by atoms with Crippen LogP contribution in [0.3, 0.4) is 0 Å². The van der Waals surface area contributed by atoms with Gasteiger partial charge in [0.15, 0.2) is 11.6 Å². The van der Waals surface area contributed by atoms with Gasteiger partial charge >= 0.3 is 0 Å². The summed E-state index contributed by atoms with van der Waals surface area (Å²) in [5, 5.41) is 24.6. The number of aliphatic hydroxyl groups is 1. The van der Waals surface area contributed by atoms with Gasteiger partial charge in [-0.15, -0.1) is 0 Å². The van der Waals surface area contributed by atoms with E-state index in [9.17, 15) is 10.4 Å². The zero-order valence-corrected chi connectivity index (χ0v) is 13.9. The molecule has 124 valence electrons. The van der Waals surface area contributed by atoms with Gasteiger partial charge in [0, 0.05) is 17.1 Å². The van der Waals surface area contributed by atoms with E-state index >= 15 is 0 Å². The highest BCUT2D eigenvalue weighted by atomic mass is 16.3. The van der Waals surface area contributed by atoms with Crippen molar-refractivity contribution in [2.75, 3.05) is 0 Å². The van der Waals surface area contributed by atoms with Crippen LogP contribution in [0.15, 0.2) is 30.5 Å². The summed E-state index contributed by atoms with van der Waals surface area (Å²) in [7, 11) is 0. The average molecular weight is 331 g/mol. The van der Waals surface area contributed by atoms with Crippen molar-refractivity contribution in [3.63, 3.8) is 0 Å². The van der Waals surface area contributed by atoms with Crippen LogP contribution in [0.1, 0.15) is 36.3 Å². The first-order chi connectivity index (χ1) is 12.1. The van der Waals surface area contributed by atoms with Crippen molar-refractivity contribution >= 4 is 10.9 Å². The normalized spacial score (nSPS) is 22.9. The Bertz CT molecular complexity index is 1060. The number of hydrogen-bond donors (Lipinski definition) is 1. The van der Waals surface area contributed by atoms with E-state index in [0.717, 1.165) is 41.4 Å². The van der Waals surface area contributed by atoms with E-state index in [0.29, 0.717) is 11.6 Å². The van der Waals surface area contributed by atoms with E-state index in [4.69, 9.17) is 0 Å². The summed E-state index contributed by atoms with van der Waals surface area (Å²) in [4.78, 5) is 8.59. The largest absolute Gasteiger partial charge is 0.388 e.